The normalized spacial score (nSPS) is 17.2. The van der Waals surface area contributed by atoms with Crippen LogP contribution in [0.1, 0.15) is 18.4 Å². The van der Waals surface area contributed by atoms with E-state index >= 15 is 0 Å². The second-order valence-corrected chi connectivity index (χ2v) is 6.32. The van der Waals surface area contributed by atoms with E-state index in [2.05, 4.69) is 58.9 Å². The minimum absolute atomic E-state index is 0. The highest BCUT2D eigenvalue weighted by Gasteiger charge is 2.34. The van der Waals surface area contributed by atoms with E-state index in [4.69, 9.17) is 4.74 Å². The van der Waals surface area contributed by atoms with Gasteiger partial charge in [-0.25, -0.2) is 0 Å². The first-order valence-corrected chi connectivity index (χ1v) is 8.40. The van der Waals surface area contributed by atoms with Gasteiger partial charge in [-0.05, 0) is 38.9 Å². The maximum absolute atomic E-state index is 5.52. The van der Waals surface area contributed by atoms with Crippen molar-refractivity contribution >= 4 is 29.9 Å². The van der Waals surface area contributed by atoms with Gasteiger partial charge in [0.15, 0.2) is 5.96 Å². The van der Waals surface area contributed by atoms with Crippen LogP contribution in [0, 0.1) is 0 Å². The van der Waals surface area contributed by atoms with E-state index in [9.17, 15) is 0 Å². The highest BCUT2D eigenvalue weighted by Crippen LogP contribution is 2.24. The van der Waals surface area contributed by atoms with E-state index in [0.29, 0.717) is 0 Å². The van der Waals surface area contributed by atoms with Gasteiger partial charge in [0.1, 0.15) is 0 Å². The predicted molar refractivity (Wildman–Crippen MR) is 111 cm³/mol. The quantitative estimate of drug-likeness (QED) is 0.400. The number of ether oxygens (including phenoxy) is 1. The Morgan fingerprint density at radius 1 is 1.17 bits per heavy atom. The topological polar surface area (TPSA) is 48.9 Å². The lowest BCUT2D eigenvalue weighted by Gasteiger charge is -2.43. The number of halogens is 1. The highest BCUT2D eigenvalue weighted by atomic mass is 127. The lowest BCUT2D eigenvalue weighted by molar-refractivity contribution is -0.00500. The molecule has 0 unspecified atom stereocenters. The molecule has 24 heavy (non-hydrogen) atoms. The third-order valence-corrected chi connectivity index (χ3v) is 4.73. The summed E-state index contributed by atoms with van der Waals surface area (Å²) in [4.78, 5) is 6.66. The minimum atomic E-state index is 0. The number of benzene rings is 1. The molecule has 5 nitrogen and oxygen atoms in total. The van der Waals surface area contributed by atoms with Crippen LogP contribution in [0.15, 0.2) is 35.3 Å². The van der Waals surface area contributed by atoms with Crippen molar-refractivity contribution in [2.75, 3.05) is 47.4 Å². The molecule has 136 valence electrons. The molecule has 0 aromatic heterocycles. The van der Waals surface area contributed by atoms with Crippen LogP contribution < -0.4 is 10.6 Å². The van der Waals surface area contributed by atoms with Crippen molar-refractivity contribution in [1.29, 1.82) is 0 Å². The van der Waals surface area contributed by atoms with Crippen LogP contribution in [0.3, 0.4) is 0 Å². The van der Waals surface area contributed by atoms with Gasteiger partial charge >= 0.3 is 0 Å². The van der Waals surface area contributed by atoms with E-state index < -0.39 is 0 Å². The summed E-state index contributed by atoms with van der Waals surface area (Å²) in [5.74, 6) is 0.869. The Bertz CT molecular complexity index is 487. The van der Waals surface area contributed by atoms with Crippen LogP contribution in [0.2, 0.25) is 0 Å². The standard InChI is InChI=1S/C18H30N4O.HI/c1-19-17(20-12-9-16-7-5-4-6-8-16)21-15-18(22(2)3)10-13-23-14-11-18;/h4-8H,9-15H2,1-3H3,(H2,19,20,21);1H. The number of guanidine groups is 1. The summed E-state index contributed by atoms with van der Waals surface area (Å²) in [6.07, 6.45) is 3.09. The first-order valence-electron chi connectivity index (χ1n) is 8.40. The number of aliphatic imine (C=N–C) groups is 1. The molecule has 2 rings (SSSR count). The third-order valence-electron chi connectivity index (χ3n) is 4.73. The molecule has 0 atom stereocenters. The Balaban J connectivity index is 0.00000288. The molecule has 1 aromatic carbocycles. The van der Waals surface area contributed by atoms with Crippen molar-refractivity contribution in [3.8, 4) is 0 Å². The van der Waals surface area contributed by atoms with Crippen molar-refractivity contribution < 1.29 is 4.74 Å². The van der Waals surface area contributed by atoms with Crippen LogP contribution in [-0.4, -0.2) is 63.8 Å². The van der Waals surface area contributed by atoms with Gasteiger partial charge in [0.2, 0.25) is 0 Å². The second kappa shape index (κ2) is 10.9. The first kappa shape index (κ1) is 21.2. The van der Waals surface area contributed by atoms with Crippen LogP contribution in [0.5, 0.6) is 0 Å². The number of hydrogen-bond acceptors (Lipinski definition) is 3. The molecule has 1 aliphatic heterocycles. The summed E-state index contributed by atoms with van der Waals surface area (Å²) in [6.45, 7) is 3.43. The zero-order valence-electron chi connectivity index (χ0n) is 15.0. The Morgan fingerprint density at radius 3 is 2.42 bits per heavy atom. The molecule has 1 heterocycles. The van der Waals surface area contributed by atoms with Gasteiger partial charge < -0.3 is 20.3 Å². The maximum Gasteiger partial charge on any atom is 0.191 e. The Kier molecular flexibility index (Phi) is 9.61. The van der Waals surface area contributed by atoms with E-state index in [0.717, 1.165) is 51.5 Å². The van der Waals surface area contributed by atoms with Crippen LogP contribution >= 0.6 is 24.0 Å². The average Bonchev–Trinajstić information content (AvgIpc) is 2.59. The van der Waals surface area contributed by atoms with Gasteiger partial charge in [-0.1, -0.05) is 30.3 Å². The molecule has 6 heteroatoms. The zero-order chi connectivity index (χ0) is 16.5. The van der Waals surface area contributed by atoms with Gasteiger partial charge in [0.05, 0.1) is 0 Å². The van der Waals surface area contributed by atoms with Crippen molar-refractivity contribution in [3.63, 3.8) is 0 Å². The summed E-state index contributed by atoms with van der Waals surface area (Å²) >= 11 is 0. The molecule has 1 aromatic rings. The summed E-state index contributed by atoms with van der Waals surface area (Å²) in [5, 5.41) is 6.89. The monoisotopic (exact) mass is 446 g/mol. The molecule has 0 aliphatic carbocycles. The predicted octanol–water partition coefficient (Wildman–Crippen LogP) is 2.12. The summed E-state index contributed by atoms with van der Waals surface area (Å²) in [7, 11) is 6.13. The Hall–Kier alpha value is -0.860. The molecule has 2 N–H and O–H groups in total. The van der Waals surface area contributed by atoms with Gasteiger partial charge in [0, 0.05) is 38.9 Å². The Morgan fingerprint density at radius 2 is 1.83 bits per heavy atom. The highest BCUT2D eigenvalue weighted by molar-refractivity contribution is 14.0. The maximum atomic E-state index is 5.52. The largest absolute Gasteiger partial charge is 0.381 e. The van der Waals surface area contributed by atoms with Crippen LogP contribution in [-0.2, 0) is 11.2 Å². The smallest absolute Gasteiger partial charge is 0.191 e. The fourth-order valence-electron chi connectivity index (χ4n) is 2.97. The van der Waals surface area contributed by atoms with Gasteiger partial charge in [-0.3, -0.25) is 4.99 Å². The van der Waals surface area contributed by atoms with E-state index in [1.165, 1.54) is 5.56 Å². The number of nitrogens with one attached hydrogen (secondary N) is 2. The van der Waals surface area contributed by atoms with Crippen LogP contribution in [0.4, 0.5) is 0 Å². The molecule has 1 aliphatic rings. The van der Waals surface area contributed by atoms with Crippen molar-refractivity contribution in [2.24, 2.45) is 4.99 Å². The lowest BCUT2D eigenvalue weighted by Crippen LogP contribution is -2.57. The first-order chi connectivity index (χ1) is 11.2. The summed E-state index contributed by atoms with van der Waals surface area (Å²) < 4.78 is 5.52. The molecule has 0 radical (unpaired) electrons. The molecule has 0 saturated carbocycles. The van der Waals surface area contributed by atoms with E-state index in [1.807, 2.05) is 13.1 Å². The lowest BCUT2D eigenvalue weighted by atomic mass is 9.88. The summed E-state index contributed by atoms with van der Waals surface area (Å²) in [6, 6.07) is 10.5. The molecule has 1 saturated heterocycles. The van der Waals surface area contributed by atoms with E-state index in [-0.39, 0.29) is 29.5 Å². The van der Waals surface area contributed by atoms with E-state index in [1.54, 1.807) is 0 Å². The van der Waals surface area contributed by atoms with Gasteiger partial charge in [-0.2, -0.15) is 0 Å². The second-order valence-electron chi connectivity index (χ2n) is 6.32. The molecular weight excluding hydrogens is 415 g/mol. The Labute approximate surface area is 163 Å². The fraction of sp³-hybridized carbons (Fsp3) is 0.611. The van der Waals surface area contributed by atoms with Crippen molar-refractivity contribution in [1.82, 2.24) is 15.5 Å². The average molecular weight is 446 g/mol. The number of likely N-dealkylation sites (N-methyl/N-ethyl adjacent to an activating group) is 1. The fourth-order valence-corrected chi connectivity index (χ4v) is 2.97. The molecular formula is C18H31IN4O. The number of rotatable bonds is 6. The molecule has 0 bridgehead atoms. The van der Waals surface area contributed by atoms with Gasteiger partial charge in [-0.15, -0.1) is 24.0 Å². The number of hydrogen-bond donors (Lipinski definition) is 2. The molecule has 1 fully saturated rings. The molecule has 0 spiro atoms. The SMILES string of the molecule is CN=C(NCCc1ccccc1)NCC1(N(C)C)CCOCC1.I. The zero-order valence-corrected chi connectivity index (χ0v) is 17.4. The molecule has 0 amide bonds. The minimum Gasteiger partial charge on any atom is -0.381 e. The number of nitrogens with zero attached hydrogens (tertiary/aromatic N) is 2. The van der Waals surface area contributed by atoms with Gasteiger partial charge in [0.25, 0.3) is 0 Å². The van der Waals surface area contributed by atoms with Crippen molar-refractivity contribution in [2.45, 2.75) is 24.8 Å². The third kappa shape index (κ3) is 6.22. The van der Waals surface area contributed by atoms with Crippen LogP contribution in [0.25, 0.3) is 0 Å². The van der Waals surface area contributed by atoms with Crippen molar-refractivity contribution in [3.05, 3.63) is 35.9 Å². The summed E-state index contributed by atoms with van der Waals surface area (Å²) in [5.41, 5.74) is 1.49.